The lowest BCUT2D eigenvalue weighted by Crippen LogP contribution is -1.96. The van der Waals surface area contributed by atoms with Gasteiger partial charge < -0.3 is 0 Å². The van der Waals surface area contributed by atoms with E-state index < -0.39 is 0 Å². The maximum Gasteiger partial charge on any atom is -0.0262 e. The van der Waals surface area contributed by atoms with Crippen molar-refractivity contribution in [3.63, 3.8) is 0 Å². The van der Waals surface area contributed by atoms with E-state index in [9.17, 15) is 0 Å². The molecule has 0 aromatic carbocycles. The molecule has 10 heavy (non-hydrogen) atoms. The first-order chi connectivity index (χ1) is 4.83. The molecule has 1 rings (SSSR count). The Hall–Kier alpha value is -0.260. The van der Waals surface area contributed by atoms with E-state index in [1.54, 1.807) is 0 Å². The third-order valence-corrected chi connectivity index (χ3v) is 2.54. The molecule has 0 aromatic heterocycles. The van der Waals surface area contributed by atoms with Crippen molar-refractivity contribution in [2.75, 3.05) is 0 Å². The molecule has 0 N–H and O–H groups in total. The quantitative estimate of drug-likeness (QED) is 0.487. The SMILES string of the molecule is CCC1CC=CC(C)CC1. The zero-order valence-corrected chi connectivity index (χ0v) is 7.14. The van der Waals surface area contributed by atoms with E-state index in [0.29, 0.717) is 0 Å². The molecular weight excluding hydrogens is 120 g/mol. The van der Waals surface area contributed by atoms with Crippen molar-refractivity contribution in [2.45, 2.75) is 39.5 Å². The van der Waals surface area contributed by atoms with Crippen LogP contribution in [0, 0.1) is 11.8 Å². The predicted molar refractivity (Wildman–Crippen MR) is 45.9 cm³/mol. The molecule has 0 spiro atoms. The summed E-state index contributed by atoms with van der Waals surface area (Å²) in [6.07, 6.45) is 10.2. The van der Waals surface area contributed by atoms with Gasteiger partial charge >= 0.3 is 0 Å². The molecule has 0 amide bonds. The minimum absolute atomic E-state index is 0.830. The Kier molecular flexibility index (Phi) is 2.98. The summed E-state index contributed by atoms with van der Waals surface area (Å²) in [6.45, 7) is 4.61. The maximum atomic E-state index is 2.37. The lowest BCUT2D eigenvalue weighted by atomic mass is 9.96. The Morgan fingerprint density at radius 1 is 1.40 bits per heavy atom. The van der Waals surface area contributed by atoms with E-state index in [4.69, 9.17) is 0 Å². The number of rotatable bonds is 1. The molecule has 0 saturated heterocycles. The van der Waals surface area contributed by atoms with Crippen LogP contribution in [0.15, 0.2) is 12.2 Å². The molecule has 0 aliphatic heterocycles. The minimum atomic E-state index is 0.830. The van der Waals surface area contributed by atoms with E-state index in [-0.39, 0.29) is 0 Å². The van der Waals surface area contributed by atoms with Crippen LogP contribution in [0.1, 0.15) is 39.5 Å². The second kappa shape index (κ2) is 3.80. The largest absolute Gasteiger partial charge is 0.0880 e. The van der Waals surface area contributed by atoms with Crippen LogP contribution in [0.5, 0.6) is 0 Å². The molecule has 0 bridgehead atoms. The summed E-state index contributed by atoms with van der Waals surface area (Å²) in [6, 6.07) is 0. The second-order valence-electron chi connectivity index (χ2n) is 3.49. The van der Waals surface area contributed by atoms with Gasteiger partial charge in [0.1, 0.15) is 0 Å². The van der Waals surface area contributed by atoms with E-state index in [1.165, 1.54) is 25.7 Å². The van der Waals surface area contributed by atoms with Crippen molar-refractivity contribution in [2.24, 2.45) is 11.8 Å². The highest BCUT2D eigenvalue weighted by Gasteiger charge is 2.09. The summed E-state index contributed by atoms with van der Waals surface area (Å²) >= 11 is 0. The molecule has 1 aliphatic carbocycles. The Bertz CT molecular complexity index is 113. The monoisotopic (exact) mass is 138 g/mol. The molecule has 0 heteroatoms. The average Bonchev–Trinajstić information content (AvgIpc) is 2.14. The molecule has 0 fully saturated rings. The smallest absolute Gasteiger partial charge is 0.0262 e. The van der Waals surface area contributed by atoms with Gasteiger partial charge in [0.2, 0.25) is 0 Å². The van der Waals surface area contributed by atoms with E-state index in [0.717, 1.165) is 11.8 Å². The summed E-state index contributed by atoms with van der Waals surface area (Å²) in [7, 11) is 0. The van der Waals surface area contributed by atoms with Gasteiger partial charge in [-0.3, -0.25) is 0 Å². The van der Waals surface area contributed by atoms with Crippen LogP contribution in [0.4, 0.5) is 0 Å². The predicted octanol–water partition coefficient (Wildman–Crippen LogP) is 3.39. The zero-order chi connectivity index (χ0) is 7.40. The van der Waals surface area contributed by atoms with Gasteiger partial charge in [0.15, 0.2) is 0 Å². The Balaban J connectivity index is 2.37. The van der Waals surface area contributed by atoms with Gasteiger partial charge in [-0.2, -0.15) is 0 Å². The van der Waals surface area contributed by atoms with Crippen LogP contribution in [0.25, 0.3) is 0 Å². The minimum Gasteiger partial charge on any atom is -0.0880 e. The molecule has 2 unspecified atom stereocenters. The highest BCUT2D eigenvalue weighted by Crippen LogP contribution is 2.23. The van der Waals surface area contributed by atoms with Crippen molar-refractivity contribution in [1.82, 2.24) is 0 Å². The van der Waals surface area contributed by atoms with Gasteiger partial charge in [-0.15, -0.1) is 0 Å². The summed E-state index contributed by atoms with van der Waals surface area (Å²) in [5.41, 5.74) is 0. The van der Waals surface area contributed by atoms with Crippen LogP contribution in [-0.2, 0) is 0 Å². The summed E-state index contributed by atoms with van der Waals surface area (Å²) in [5, 5.41) is 0. The summed E-state index contributed by atoms with van der Waals surface area (Å²) in [4.78, 5) is 0. The summed E-state index contributed by atoms with van der Waals surface area (Å²) < 4.78 is 0. The van der Waals surface area contributed by atoms with Crippen LogP contribution in [0.3, 0.4) is 0 Å². The van der Waals surface area contributed by atoms with E-state index in [2.05, 4.69) is 26.0 Å². The van der Waals surface area contributed by atoms with Crippen LogP contribution < -0.4 is 0 Å². The van der Waals surface area contributed by atoms with Crippen LogP contribution in [0.2, 0.25) is 0 Å². The van der Waals surface area contributed by atoms with E-state index >= 15 is 0 Å². The lowest BCUT2D eigenvalue weighted by Gasteiger charge is -2.09. The fraction of sp³-hybridized carbons (Fsp3) is 0.800. The Morgan fingerprint density at radius 2 is 2.20 bits per heavy atom. The van der Waals surface area contributed by atoms with Gasteiger partial charge in [0.05, 0.1) is 0 Å². The van der Waals surface area contributed by atoms with Crippen molar-refractivity contribution in [1.29, 1.82) is 0 Å². The first-order valence-corrected chi connectivity index (χ1v) is 4.49. The topological polar surface area (TPSA) is 0 Å². The third-order valence-electron chi connectivity index (χ3n) is 2.54. The van der Waals surface area contributed by atoms with Gasteiger partial charge in [0.25, 0.3) is 0 Å². The van der Waals surface area contributed by atoms with Gasteiger partial charge in [-0.25, -0.2) is 0 Å². The molecule has 0 heterocycles. The van der Waals surface area contributed by atoms with Crippen LogP contribution in [-0.4, -0.2) is 0 Å². The zero-order valence-electron chi connectivity index (χ0n) is 7.14. The highest BCUT2D eigenvalue weighted by molar-refractivity contribution is 4.91. The third kappa shape index (κ3) is 2.17. The number of allylic oxidation sites excluding steroid dienone is 2. The van der Waals surface area contributed by atoms with Crippen molar-refractivity contribution >= 4 is 0 Å². The Labute approximate surface area is 64.3 Å². The van der Waals surface area contributed by atoms with E-state index in [1.807, 2.05) is 0 Å². The number of hydrogen-bond donors (Lipinski definition) is 0. The van der Waals surface area contributed by atoms with Crippen molar-refractivity contribution in [3.05, 3.63) is 12.2 Å². The first-order valence-electron chi connectivity index (χ1n) is 4.49. The molecule has 0 radical (unpaired) electrons. The second-order valence-corrected chi connectivity index (χ2v) is 3.49. The fourth-order valence-electron chi connectivity index (χ4n) is 1.59. The lowest BCUT2D eigenvalue weighted by molar-refractivity contribution is 0.446. The van der Waals surface area contributed by atoms with Gasteiger partial charge in [0, 0.05) is 0 Å². The van der Waals surface area contributed by atoms with Gasteiger partial charge in [-0.05, 0) is 31.1 Å². The standard InChI is InChI=1S/C10H18/c1-3-10-6-4-5-9(2)7-8-10/h4-5,9-10H,3,6-8H2,1-2H3. The fourth-order valence-corrected chi connectivity index (χ4v) is 1.59. The van der Waals surface area contributed by atoms with Crippen molar-refractivity contribution < 1.29 is 0 Å². The molecular formula is C10H18. The number of hydrogen-bond acceptors (Lipinski definition) is 0. The molecule has 58 valence electrons. The van der Waals surface area contributed by atoms with Gasteiger partial charge in [-0.1, -0.05) is 32.4 Å². The van der Waals surface area contributed by atoms with Crippen molar-refractivity contribution in [3.8, 4) is 0 Å². The first kappa shape index (κ1) is 7.84. The molecule has 0 nitrogen and oxygen atoms in total. The normalized spacial score (nSPS) is 33.8. The maximum absolute atomic E-state index is 2.37. The Morgan fingerprint density at radius 3 is 2.90 bits per heavy atom. The molecule has 1 aliphatic rings. The molecule has 0 saturated carbocycles. The summed E-state index contributed by atoms with van der Waals surface area (Å²) in [5.74, 6) is 1.80. The molecule has 0 aromatic rings. The molecule has 2 atom stereocenters. The highest BCUT2D eigenvalue weighted by atomic mass is 14.1. The average molecular weight is 138 g/mol. The van der Waals surface area contributed by atoms with Crippen LogP contribution >= 0.6 is 0 Å².